The predicted molar refractivity (Wildman–Crippen MR) is 106 cm³/mol. The van der Waals surface area contributed by atoms with Crippen molar-refractivity contribution in [3.8, 4) is 23.3 Å². The van der Waals surface area contributed by atoms with Crippen LogP contribution in [0.15, 0.2) is 52.3 Å². The summed E-state index contributed by atoms with van der Waals surface area (Å²) >= 11 is 5.97. The van der Waals surface area contributed by atoms with Crippen LogP contribution in [0, 0.1) is 11.3 Å². The van der Waals surface area contributed by atoms with Crippen molar-refractivity contribution < 1.29 is 9.15 Å². The van der Waals surface area contributed by atoms with Crippen LogP contribution in [-0.4, -0.2) is 10.2 Å². The third-order valence-electron chi connectivity index (χ3n) is 4.73. The molecule has 7 heteroatoms. The highest BCUT2D eigenvalue weighted by molar-refractivity contribution is 6.30. The van der Waals surface area contributed by atoms with Crippen LogP contribution in [0.4, 0.5) is 0 Å². The molecule has 1 atom stereocenters. The number of rotatable bonds is 2. The Hall–Kier alpha value is -3.17. The fourth-order valence-electron chi connectivity index (χ4n) is 3.38. The highest BCUT2D eigenvalue weighted by Crippen LogP contribution is 2.46. The van der Waals surface area contributed by atoms with Gasteiger partial charge in [0.2, 0.25) is 11.8 Å². The molecule has 1 aliphatic rings. The number of nitrogens with zero attached hydrogens (tertiary/aromatic N) is 2. The largest absolute Gasteiger partial charge is 0.460 e. The number of benzene rings is 1. The van der Waals surface area contributed by atoms with E-state index in [1.807, 2.05) is 24.3 Å². The molecule has 3 heterocycles. The number of fused-ring (bicyclic) bond motifs is 1. The first-order valence-electron chi connectivity index (χ1n) is 8.81. The zero-order chi connectivity index (χ0) is 20.1. The van der Waals surface area contributed by atoms with Crippen LogP contribution in [0.25, 0.3) is 11.3 Å². The summed E-state index contributed by atoms with van der Waals surface area (Å²) in [6.45, 7) is 6.19. The lowest BCUT2D eigenvalue weighted by atomic mass is 9.81. The molecule has 0 saturated heterocycles. The number of hydrogen-bond acceptors (Lipinski definition) is 5. The number of allylic oxidation sites excluding steroid dienone is 1. The molecule has 1 aromatic carbocycles. The first kappa shape index (κ1) is 18.2. The van der Waals surface area contributed by atoms with Crippen molar-refractivity contribution in [2.45, 2.75) is 32.1 Å². The van der Waals surface area contributed by atoms with E-state index in [1.54, 1.807) is 12.1 Å². The number of aromatic nitrogens is 2. The van der Waals surface area contributed by atoms with Crippen LogP contribution in [0.2, 0.25) is 5.02 Å². The second-order valence-electron chi connectivity index (χ2n) is 7.70. The topological polar surface area (TPSA) is 101 Å². The minimum absolute atomic E-state index is 0.0383. The number of nitriles is 1. The average molecular weight is 395 g/mol. The molecule has 0 aliphatic carbocycles. The van der Waals surface area contributed by atoms with Crippen LogP contribution < -0.4 is 10.5 Å². The molecule has 1 aliphatic heterocycles. The second-order valence-corrected chi connectivity index (χ2v) is 8.14. The monoisotopic (exact) mass is 394 g/mol. The van der Waals surface area contributed by atoms with Gasteiger partial charge in [-0.1, -0.05) is 32.4 Å². The Morgan fingerprint density at radius 1 is 1.18 bits per heavy atom. The number of hydrogen-bond donors (Lipinski definition) is 2. The van der Waals surface area contributed by atoms with Gasteiger partial charge in [0.1, 0.15) is 23.2 Å². The summed E-state index contributed by atoms with van der Waals surface area (Å²) in [7, 11) is 0. The standard InChI is InChI=1S/C21H19ClN4O2/c1-21(2,3)18-17-16(13(10-23)19(24)28-20(17)26-25-18)15-9-8-14(27-15)11-4-6-12(22)7-5-11/h4-9,16H,24H2,1-3H3,(H,25,26)/t16-/m0/s1. The molecule has 2 aromatic heterocycles. The van der Waals surface area contributed by atoms with Gasteiger partial charge in [0.05, 0.1) is 11.5 Å². The summed E-state index contributed by atoms with van der Waals surface area (Å²) in [5, 5.41) is 17.7. The number of furan rings is 1. The van der Waals surface area contributed by atoms with Gasteiger partial charge in [-0.3, -0.25) is 5.10 Å². The molecule has 0 amide bonds. The molecule has 0 fully saturated rings. The maximum atomic E-state index is 9.75. The van der Waals surface area contributed by atoms with Crippen molar-refractivity contribution in [1.82, 2.24) is 10.2 Å². The number of aromatic amines is 1. The number of nitrogens with two attached hydrogens (primary N) is 1. The predicted octanol–water partition coefficient (Wildman–Crippen LogP) is 4.84. The van der Waals surface area contributed by atoms with E-state index in [2.05, 4.69) is 37.0 Å². The first-order chi connectivity index (χ1) is 13.3. The highest BCUT2D eigenvalue weighted by atomic mass is 35.5. The Bertz CT molecular complexity index is 1110. The summed E-state index contributed by atoms with van der Waals surface area (Å²) in [6.07, 6.45) is 0. The van der Waals surface area contributed by atoms with E-state index >= 15 is 0 Å². The van der Waals surface area contributed by atoms with Gasteiger partial charge in [-0.25, -0.2) is 0 Å². The van der Waals surface area contributed by atoms with Crippen LogP contribution >= 0.6 is 11.6 Å². The zero-order valence-electron chi connectivity index (χ0n) is 15.7. The molecule has 3 aromatic rings. The van der Waals surface area contributed by atoms with E-state index in [-0.39, 0.29) is 11.3 Å². The Labute approximate surface area is 167 Å². The molecule has 142 valence electrons. The van der Waals surface area contributed by atoms with E-state index in [0.717, 1.165) is 16.8 Å². The summed E-state index contributed by atoms with van der Waals surface area (Å²) in [5.74, 6) is 1.19. The lowest BCUT2D eigenvalue weighted by Crippen LogP contribution is -2.23. The van der Waals surface area contributed by atoms with Crippen LogP contribution in [0.3, 0.4) is 0 Å². The molecule has 0 bridgehead atoms. The van der Waals surface area contributed by atoms with Gasteiger partial charge >= 0.3 is 0 Å². The van der Waals surface area contributed by atoms with Crippen molar-refractivity contribution >= 4 is 11.6 Å². The number of halogens is 1. The third kappa shape index (κ3) is 2.94. The molecule has 6 nitrogen and oxygen atoms in total. The van der Waals surface area contributed by atoms with Crippen molar-refractivity contribution in [2.24, 2.45) is 5.73 Å². The SMILES string of the molecule is CC(C)(C)c1[nH]nc2c1[C@H](c1ccc(-c3ccc(Cl)cc3)o1)C(C#N)=C(N)O2. The van der Waals surface area contributed by atoms with E-state index in [4.69, 9.17) is 26.5 Å². The van der Waals surface area contributed by atoms with E-state index in [9.17, 15) is 5.26 Å². The summed E-state index contributed by atoms with van der Waals surface area (Å²) in [5.41, 5.74) is 8.61. The van der Waals surface area contributed by atoms with Gasteiger partial charge in [0.15, 0.2) is 0 Å². The molecular weight excluding hydrogens is 376 g/mol. The van der Waals surface area contributed by atoms with Crippen LogP contribution in [0.5, 0.6) is 5.88 Å². The number of ether oxygens (including phenoxy) is 1. The van der Waals surface area contributed by atoms with Gasteiger partial charge < -0.3 is 14.9 Å². The fraction of sp³-hybridized carbons (Fsp3) is 0.238. The number of nitrogens with one attached hydrogen (secondary N) is 1. The smallest absolute Gasteiger partial charge is 0.244 e. The van der Waals surface area contributed by atoms with Crippen molar-refractivity contribution in [3.05, 3.63) is 69.9 Å². The molecule has 0 radical (unpaired) electrons. The average Bonchev–Trinajstić information content (AvgIpc) is 3.27. The van der Waals surface area contributed by atoms with Gasteiger partial charge in [0, 0.05) is 21.7 Å². The third-order valence-corrected chi connectivity index (χ3v) is 4.98. The maximum absolute atomic E-state index is 9.75. The summed E-state index contributed by atoms with van der Waals surface area (Å²) < 4.78 is 11.7. The first-order valence-corrected chi connectivity index (χ1v) is 9.19. The Balaban J connectivity index is 1.86. The van der Waals surface area contributed by atoms with Crippen molar-refractivity contribution in [3.63, 3.8) is 0 Å². The molecule has 0 spiro atoms. The molecule has 4 rings (SSSR count). The van der Waals surface area contributed by atoms with Gasteiger partial charge in [-0.15, -0.1) is 5.10 Å². The normalized spacial score (nSPS) is 16.5. The van der Waals surface area contributed by atoms with E-state index < -0.39 is 5.92 Å². The molecule has 28 heavy (non-hydrogen) atoms. The Morgan fingerprint density at radius 2 is 1.89 bits per heavy atom. The van der Waals surface area contributed by atoms with Gasteiger partial charge in [-0.2, -0.15) is 5.26 Å². The quantitative estimate of drug-likeness (QED) is 0.647. The van der Waals surface area contributed by atoms with E-state index in [1.165, 1.54) is 0 Å². The minimum atomic E-state index is -0.497. The minimum Gasteiger partial charge on any atom is -0.460 e. The van der Waals surface area contributed by atoms with E-state index in [0.29, 0.717) is 28.0 Å². The second kappa shape index (κ2) is 6.47. The highest BCUT2D eigenvalue weighted by Gasteiger charge is 2.39. The Kier molecular flexibility index (Phi) is 4.20. The summed E-state index contributed by atoms with van der Waals surface area (Å²) in [4.78, 5) is 0. The van der Waals surface area contributed by atoms with Gasteiger partial charge in [0.25, 0.3) is 0 Å². The lowest BCUT2D eigenvalue weighted by molar-refractivity contribution is 0.370. The summed E-state index contributed by atoms with van der Waals surface area (Å²) in [6, 6.07) is 13.3. The van der Waals surface area contributed by atoms with Crippen LogP contribution in [-0.2, 0) is 5.41 Å². The maximum Gasteiger partial charge on any atom is 0.244 e. The van der Waals surface area contributed by atoms with Crippen molar-refractivity contribution in [2.75, 3.05) is 0 Å². The molecule has 0 unspecified atom stereocenters. The lowest BCUT2D eigenvalue weighted by Gasteiger charge is -2.26. The molecule has 0 saturated carbocycles. The molecular formula is C21H19ClN4O2. The number of H-pyrrole nitrogens is 1. The zero-order valence-corrected chi connectivity index (χ0v) is 16.5. The van der Waals surface area contributed by atoms with Crippen LogP contribution in [0.1, 0.15) is 43.7 Å². The fourth-order valence-corrected chi connectivity index (χ4v) is 3.50. The molecule has 3 N–H and O–H groups in total. The van der Waals surface area contributed by atoms with Gasteiger partial charge in [-0.05, 0) is 36.4 Å². The van der Waals surface area contributed by atoms with Crippen molar-refractivity contribution in [1.29, 1.82) is 5.26 Å². The Morgan fingerprint density at radius 3 is 2.54 bits per heavy atom.